The van der Waals surface area contributed by atoms with Gasteiger partial charge in [0.1, 0.15) is 24.8 Å². The van der Waals surface area contributed by atoms with Crippen molar-refractivity contribution < 1.29 is 28.2 Å². The molecular formula is C26H25FO5. The molecule has 0 radical (unpaired) electrons. The van der Waals surface area contributed by atoms with Crippen molar-refractivity contribution in [2.24, 2.45) is 17.3 Å². The van der Waals surface area contributed by atoms with Crippen molar-refractivity contribution in [3.63, 3.8) is 0 Å². The lowest BCUT2D eigenvalue weighted by molar-refractivity contribution is -0.149. The molecule has 166 valence electrons. The van der Waals surface area contributed by atoms with Crippen LogP contribution in [0.2, 0.25) is 0 Å². The lowest BCUT2D eigenvalue weighted by atomic mass is 10.1. The maximum absolute atomic E-state index is 12.8. The first kappa shape index (κ1) is 23.1. The van der Waals surface area contributed by atoms with Gasteiger partial charge in [0.2, 0.25) is 0 Å². The van der Waals surface area contributed by atoms with Gasteiger partial charge < -0.3 is 14.2 Å². The smallest absolute Gasteiger partial charge is 0.330 e. The number of halogens is 1. The Hall–Kier alpha value is -3.59. The Kier molecular flexibility index (Phi) is 7.32. The van der Waals surface area contributed by atoms with Crippen molar-refractivity contribution in [3.8, 4) is 23.8 Å². The molecule has 1 saturated carbocycles. The Morgan fingerprint density at radius 2 is 1.88 bits per heavy atom. The molecule has 1 aliphatic carbocycles. The van der Waals surface area contributed by atoms with E-state index in [0.717, 1.165) is 0 Å². The van der Waals surface area contributed by atoms with Gasteiger partial charge in [-0.25, -0.2) is 9.18 Å². The normalized spacial score (nSPS) is 19.6. The third kappa shape index (κ3) is 5.55. The summed E-state index contributed by atoms with van der Waals surface area (Å²) in [6.07, 6.45) is 7.60. The minimum Gasteiger partial charge on any atom is -0.460 e. The molecule has 32 heavy (non-hydrogen) atoms. The Labute approximate surface area is 187 Å². The van der Waals surface area contributed by atoms with Crippen molar-refractivity contribution in [2.45, 2.75) is 20.0 Å². The number of alkyl halides is 1. The van der Waals surface area contributed by atoms with Gasteiger partial charge in [-0.2, -0.15) is 0 Å². The Balaban J connectivity index is 1.65. The summed E-state index contributed by atoms with van der Waals surface area (Å²) in [5.41, 5.74) is 0.223. The summed E-state index contributed by atoms with van der Waals surface area (Å²) in [5.74, 6) is 2.01. The number of hydrogen-bond acceptors (Lipinski definition) is 5. The molecule has 0 bridgehead atoms. The second-order valence-electron chi connectivity index (χ2n) is 8.01. The minimum absolute atomic E-state index is 0.209. The van der Waals surface area contributed by atoms with Gasteiger partial charge in [0.15, 0.2) is 6.10 Å². The molecule has 5 nitrogen and oxygen atoms in total. The van der Waals surface area contributed by atoms with Gasteiger partial charge in [-0.3, -0.25) is 4.79 Å². The zero-order valence-electron chi connectivity index (χ0n) is 18.0. The maximum atomic E-state index is 12.8. The van der Waals surface area contributed by atoms with Crippen LogP contribution >= 0.6 is 0 Å². The van der Waals surface area contributed by atoms with Gasteiger partial charge in [-0.15, -0.1) is 6.42 Å². The lowest BCUT2D eigenvalue weighted by Crippen LogP contribution is -2.14. The number of carbonyl (C=O) groups excluding carboxylic acids is 2. The molecule has 0 spiro atoms. The molecule has 1 aliphatic rings. The summed E-state index contributed by atoms with van der Waals surface area (Å²) < 4.78 is 28.2. The van der Waals surface area contributed by atoms with Crippen molar-refractivity contribution in [1.82, 2.24) is 0 Å². The lowest BCUT2D eigenvalue weighted by Gasteiger charge is -2.15. The number of hydrogen-bond donors (Lipinski definition) is 0. The molecule has 0 aromatic heterocycles. The standard InChI is InChI=1S/C26H25FO5/c1-4-22(18-9-8-12-20(17-18)31-19-10-6-5-7-11-19)32-25(29)24-21(26(24,2)3)13-14-23(28)30-16-15-27/h1,5-14,17,21-22,24H,15-16H2,2-3H3/t21-,22?,24-/m0/s1. The van der Waals surface area contributed by atoms with E-state index >= 15 is 0 Å². The molecule has 2 aromatic rings. The third-order valence-corrected chi connectivity index (χ3v) is 5.45. The highest BCUT2D eigenvalue weighted by molar-refractivity contribution is 5.83. The van der Waals surface area contributed by atoms with E-state index in [-0.39, 0.29) is 12.5 Å². The van der Waals surface area contributed by atoms with E-state index in [1.54, 1.807) is 30.3 Å². The van der Waals surface area contributed by atoms with Crippen LogP contribution in [0.4, 0.5) is 4.39 Å². The Bertz CT molecular complexity index is 1020. The van der Waals surface area contributed by atoms with Gasteiger partial charge in [-0.05, 0) is 35.6 Å². The van der Waals surface area contributed by atoms with Crippen molar-refractivity contribution in [2.75, 3.05) is 13.3 Å². The number of para-hydroxylation sites is 1. The first-order chi connectivity index (χ1) is 15.4. The van der Waals surface area contributed by atoms with E-state index in [1.807, 2.05) is 44.2 Å². The molecule has 0 aliphatic heterocycles. The highest BCUT2D eigenvalue weighted by Gasteiger charge is 2.61. The largest absolute Gasteiger partial charge is 0.460 e. The van der Waals surface area contributed by atoms with E-state index < -0.39 is 36.1 Å². The van der Waals surface area contributed by atoms with E-state index in [4.69, 9.17) is 15.9 Å². The number of esters is 2. The second-order valence-corrected chi connectivity index (χ2v) is 8.01. The van der Waals surface area contributed by atoms with Crippen molar-refractivity contribution in [1.29, 1.82) is 0 Å². The summed E-state index contributed by atoms with van der Waals surface area (Å²) in [6, 6.07) is 16.4. The van der Waals surface area contributed by atoms with E-state index in [2.05, 4.69) is 10.7 Å². The topological polar surface area (TPSA) is 61.8 Å². The van der Waals surface area contributed by atoms with Crippen LogP contribution in [0.5, 0.6) is 11.5 Å². The van der Waals surface area contributed by atoms with Crippen LogP contribution in [0.3, 0.4) is 0 Å². The molecule has 3 atom stereocenters. The van der Waals surface area contributed by atoms with Crippen LogP contribution in [-0.4, -0.2) is 25.2 Å². The van der Waals surface area contributed by atoms with Crippen LogP contribution in [-0.2, 0) is 19.1 Å². The van der Waals surface area contributed by atoms with Gasteiger partial charge in [0.05, 0.1) is 5.92 Å². The van der Waals surface area contributed by atoms with Crippen molar-refractivity contribution >= 4 is 11.9 Å². The second kappa shape index (κ2) is 10.1. The molecule has 3 rings (SSSR count). The van der Waals surface area contributed by atoms with Crippen LogP contribution in [0.25, 0.3) is 0 Å². The van der Waals surface area contributed by atoms with Crippen LogP contribution < -0.4 is 4.74 Å². The fourth-order valence-corrected chi connectivity index (χ4v) is 3.61. The summed E-state index contributed by atoms with van der Waals surface area (Å²) in [5, 5.41) is 0. The maximum Gasteiger partial charge on any atom is 0.330 e. The molecule has 2 aromatic carbocycles. The highest BCUT2D eigenvalue weighted by Crippen LogP contribution is 2.59. The SMILES string of the molecule is C#CC(OC(=O)[C@@H]1[C@H](C=CC(=O)OCCF)C1(C)C)c1cccc(Oc2ccccc2)c1. The average molecular weight is 436 g/mol. The van der Waals surface area contributed by atoms with E-state index in [9.17, 15) is 14.0 Å². The summed E-state index contributed by atoms with van der Waals surface area (Å²) >= 11 is 0. The summed E-state index contributed by atoms with van der Waals surface area (Å²) in [6.45, 7) is 2.77. The van der Waals surface area contributed by atoms with E-state index in [0.29, 0.717) is 17.1 Å². The molecule has 0 amide bonds. The number of benzene rings is 2. The fourth-order valence-electron chi connectivity index (χ4n) is 3.61. The quantitative estimate of drug-likeness (QED) is 0.313. The number of carbonyl (C=O) groups is 2. The number of ether oxygens (including phenoxy) is 3. The summed E-state index contributed by atoms with van der Waals surface area (Å²) in [4.78, 5) is 24.4. The fraction of sp³-hybridized carbons (Fsp3) is 0.308. The highest BCUT2D eigenvalue weighted by atomic mass is 19.1. The molecule has 1 unspecified atom stereocenters. The van der Waals surface area contributed by atoms with Crippen LogP contribution in [0.1, 0.15) is 25.5 Å². The van der Waals surface area contributed by atoms with Crippen LogP contribution in [0.15, 0.2) is 66.7 Å². The van der Waals surface area contributed by atoms with Gasteiger partial charge in [0, 0.05) is 11.6 Å². The summed E-state index contributed by atoms with van der Waals surface area (Å²) in [7, 11) is 0. The zero-order valence-corrected chi connectivity index (χ0v) is 18.0. The van der Waals surface area contributed by atoms with Crippen molar-refractivity contribution in [3.05, 3.63) is 72.3 Å². The first-order valence-electron chi connectivity index (χ1n) is 10.3. The Morgan fingerprint density at radius 3 is 2.56 bits per heavy atom. The molecule has 0 saturated heterocycles. The first-order valence-corrected chi connectivity index (χ1v) is 10.3. The molecule has 1 fully saturated rings. The zero-order chi connectivity index (χ0) is 23.1. The molecular weight excluding hydrogens is 411 g/mol. The predicted molar refractivity (Wildman–Crippen MR) is 117 cm³/mol. The minimum atomic E-state index is -0.877. The predicted octanol–water partition coefficient (Wildman–Crippen LogP) is 5.04. The number of allylic oxidation sites excluding steroid dienone is 1. The molecule has 0 heterocycles. The van der Waals surface area contributed by atoms with Gasteiger partial charge in [0.25, 0.3) is 0 Å². The number of rotatable bonds is 9. The monoisotopic (exact) mass is 436 g/mol. The van der Waals surface area contributed by atoms with Gasteiger partial charge in [-0.1, -0.05) is 56.2 Å². The average Bonchev–Trinajstić information content (AvgIpc) is 3.35. The van der Waals surface area contributed by atoms with Crippen LogP contribution in [0, 0.1) is 29.6 Å². The third-order valence-electron chi connectivity index (χ3n) is 5.45. The molecule has 6 heteroatoms. The van der Waals surface area contributed by atoms with E-state index in [1.165, 1.54) is 6.08 Å². The number of terminal acetylenes is 1. The molecule has 0 N–H and O–H groups in total. The Morgan fingerprint density at radius 1 is 1.16 bits per heavy atom. The van der Waals surface area contributed by atoms with Gasteiger partial charge >= 0.3 is 11.9 Å².